The number of amides is 1. The summed E-state index contributed by atoms with van der Waals surface area (Å²) in [5.74, 6) is 0.0873. The van der Waals surface area contributed by atoms with Crippen molar-refractivity contribution in [3.05, 3.63) is 63.2 Å². The number of nitro groups is 1. The minimum absolute atomic E-state index is 0.0648. The zero-order valence-corrected chi connectivity index (χ0v) is 14.6. The molecule has 0 saturated heterocycles. The highest BCUT2D eigenvalue weighted by molar-refractivity contribution is 6.30. The monoisotopic (exact) mass is 364 g/mol. The van der Waals surface area contributed by atoms with E-state index in [1.54, 1.807) is 12.1 Å². The maximum atomic E-state index is 12.2. The van der Waals surface area contributed by atoms with Gasteiger partial charge in [0.2, 0.25) is 0 Å². The minimum atomic E-state index is -0.524. The highest BCUT2D eigenvalue weighted by Gasteiger charge is 2.16. The first kappa shape index (κ1) is 18.7. The number of carbonyl (C=O) groups excluding carboxylic acids is 1. The quantitative estimate of drug-likeness (QED) is 0.582. The van der Waals surface area contributed by atoms with Crippen LogP contribution < -0.4 is 15.4 Å². The van der Waals surface area contributed by atoms with Crippen LogP contribution >= 0.6 is 11.6 Å². The van der Waals surface area contributed by atoms with Crippen LogP contribution in [0.1, 0.15) is 18.5 Å². The largest absolute Gasteiger partial charge is 0.495 e. The first-order valence-corrected chi connectivity index (χ1v) is 7.99. The lowest BCUT2D eigenvalue weighted by atomic mass is 10.1. The number of nitrogens with two attached hydrogens (primary N) is 1. The van der Waals surface area contributed by atoms with Gasteiger partial charge in [-0.05, 0) is 25.1 Å². The van der Waals surface area contributed by atoms with Crippen LogP contribution in [0.25, 0.3) is 0 Å². The Morgan fingerprint density at radius 2 is 2.00 bits per heavy atom. The van der Waals surface area contributed by atoms with Crippen molar-refractivity contribution < 1.29 is 19.8 Å². The van der Waals surface area contributed by atoms with Crippen LogP contribution in [0, 0.1) is 10.1 Å². The van der Waals surface area contributed by atoms with E-state index in [9.17, 15) is 14.9 Å². The molecule has 0 fully saturated rings. The van der Waals surface area contributed by atoms with Crippen molar-refractivity contribution in [3.8, 4) is 5.75 Å². The van der Waals surface area contributed by atoms with Gasteiger partial charge in [-0.2, -0.15) is 0 Å². The Hall–Kier alpha value is -2.64. The van der Waals surface area contributed by atoms with Gasteiger partial charge in [-0.3, -0.25) is 14.9 Å². The molecule has 1 amide bonds. The lowest BCUT2D eigenvalue weighted by molar-refractivity contribution is -0.682. The normalized spacial score (nSPS) is 11.6. The molecular formula is C17H19ClN3O4+. The van der Waals surface area contributed by atoms with Crippen molar-refractivity contribution in [2.45, 2.75) is 13.0 Å². The molecule has 2 aromatic carbocycles. The summed E-state index contributed by atoms with van der Waals surface area (Å²) in [6.45, 7) is 2.14. The van der Waals surface area contributed by atoms with Gasteiger partial charge in [-0.15, -0.1) is 0 Å². The molecule has 0 bridgehead atoms. The molecule has 8 heteroatoms. The number of carbonyl (C=O) groups is 1. The summed E-state index contributed by atoms with van der Waals surface area (Å²) in [4.78, 5) is 22.5. The average molecular weight is 365 g/mol. The van der Waals surface area contributed by atoms with Gasteiger partial charge in [0, 0.05) is 22.7 Å². The number of hydrogen-bond acceptors (Lipinski definition) is 4. The lowest BCUT2D eigenvalue weighted by Crippen LogP contribution is -2.86. The van der Waals surface area contributed by atoms with Crippen LogP contribution in [-0.4, -0.2) is 24.5 Å². The van der Waals surface area contributed by atoms with E-state index in [4.69, 9.17) is 16.3 Å². The van der Waals surface area contributed by atoms with E-state index >= 15 is 0 Å². The Morgan fingerprint density at radius 1 is 1.32 bits per heavy atom. The van der Waals surface area contributed by atoms with Gasteiger partial charge in [0.05, 0.1) is 17.7 Å². The number of rotatable bonds is 7. The Balaban J connectivity index is 1.99. The predicted octanol–water partition coefficient (Wildman–Crippen LogP) is 2.52. The number of benzene rings is 2. The summed E-state index contributed by atoms with van der Waals surface area (Å²) in [5.41, 5.74) is 1.20. The minimum Gasteiger partial charge on any atom is -0.495 e. The fourth-order valence-electron chi connectivity index (χ4n) is 2.29. The molecule has 2 aromatic rings. The molecular weight excluding hydrogens is 346 g/mol. The molecule has 0 unspecified atom stereocenters. The van der Waals surface area contributed by atoms with Crippen LogP contribution in [-0.2, 0) is 4.79 Å². The average Bonchev–Trinajstić information content (AvgIpc) is 2.60. The van der Waals surface area contributed by atoms with Gasteiger partial charge in [0.1, 0.15) is 11.8 Å². The molecule has 25 heavy (non-hydrogen) atoms. The summed E-state index contributed by atoms with van der Waals surface area (Å²) in [6, 6.07) is 11.5. The second-order valence-corrected chi connectivity index (χ2v) is 5.91. The number of halogens is 1. The molecule has 3 N–H and O–H groups in total. The van der Waals surface area contributed by atoms with Crippen molar-refractivity contribution >= 4 is 28.9 Å². The van der Waals surface area contributed by atoms with Crippen LogP contribution in [0.3, 0.4) is 0 Å². The van der Waals surface area contributed by atoms with E-state index in [1.807, 2.05) is 24.4 Å². The summed E-state index contributed by atoms with van der Waals surface area (Å²) in [6.07, 6.45) is 0. The summed E-state index contributed by atoms with van der Waals surface area (Å²) < 4.78 is 5.13. The molecule has 2 rings (SSSR count). The van der Waals surface area contributed by atoms with E-state index in [-0.39, 0.29) is 29.9 Å². The second kappa shape index (κ2) is 8.46. The van der Waals surface area contributed by atoms with Crippen molar-refractivity contribution in [2.24, 2.45) is 0 Å². The van der Waals surface area contributed by atoms with Crippen molar-refractivity contribution in [3.63, 3.8) is 0 Å². The van der Waals surface area contributed by atoms with Crippen LogP contribution in [0.4, 0.5) is 11.4 Å². The first-order chi connectivity index (χ1) is 11.9. The standard InChI is InChI=1S/C17H18ClN3O4/c1-11(12-3-5-13(18)6-4-12)19-10-17(22)20-15-9-14(21(23)24)7-8-16(15)25-2/h3-9,11,19H,10H2,1-2H3,(H,20,22)/p+1/t11-/m0/s1. The summed E-state index contributed by atoms with van der Waals surface area (Å²) in [5, 5.41) is 16.0. The molecule has 0 aromatic heterocycles. The van der Waals surface area contributed by atoms with Gasteiger partial charge in [0.15, 0.2) is 6.54 Å². The van der Waals surface area contributed by atoms with Gasteiger partial charge >= 0.3 is 0 Å². The number of quaternary nitrogens is 1. The van der Waals surface area contributed by atoms with Crippen LogP contribution in [0.2, 0.25) is 5.02 Å². The molecule has 0 heterocycles. The smallest absolute Gasteiger partial charge is 0.279 e. The number of ether oxygens (including phenoxy) is 1. The van der Waals surface area contributed by atoms with Gasteiger partial charge < -0.3 is 15.4 Å². The maximum Gasteiger partial charge on any atom is 0.279 e. The molecule has 7 nitrogen and oxygen atoms in total. The van der Waals surface area contributed by atoms with Crippen molar-refractivity contribution in [1.82, 2.24) is 0 Å². The molecule has 0 aliphatic rings. The van der Waals surface area contributed by atoms with E-state index in [2.05, 4.69) is 5.32 Å². The number of non-ortho nitro benzene ring substituents is 1. The third-order valence-corrected chi connectivity index (χ3v) is 3.97. The Kier molecular flexibility index (Phi) is 6.32. The third kappa shape index (κ3) is 5.17. The van der Waals surface area contributed by atoms with E-state index < -0.39 is 4.92 Å². The third-order valence-electron chi connectivity index (χ3n) is 3.72. The van der Waals surface area contributed by atoms with Gasteiger partial charge in [-0.1, -0.05) is 23.7 Å². The molecule has 0 aliphatic carbocycles. The Morgan fingerprint density at radius 3 is 2.60 bits per heavy atom. The fraction of sp³-hybridized carbons (Fsp3) is 0.235. The lowest BCUT2D eigenvalue weighted by Gasteiger charge is -2.12. The van der Waals surface area contributed by atoms with Gasteiger partial charge in [0.25, 0.3) is 11.6 Å². The number of nitrogens with one attached hydrogen (secondary N) is 1. The van der Waals surface area contributed by atoms with E-state index in [0.717, 1.165) is 5.56 Å². The second-order valence-electron chi connectivity index (χ2n) is 5.47. The number of methoxy groups -OCH3 is 1. The molecule has 0 spiro atoms. The topological polar surface area (TPSA) is 98.1 Å². The Bertz CT molecular complexity index is 765. The number of nitrogens with zero attached hydrogens (tertiary/aromatic N) is 1. The van der Waals surface area contributed by atoms with Crippen LogP contribution in [0.15, 0.2) is 42.5 Å². The van der Waals surface area contributed by atoms with Crippen molar-refractivity contribution in [1.29, 1.82) is 0 Å². The highest BCUT2D eigenvalue weighted by atomic mass is 35.5. The predicted molar refractivity (Wildman–Crippen MR) is 94.9 cm³/mol. The molecule has 0 saturated carbocycles. The zero-order valence-electron chi connectivity index (χ0n) is 13.9. The molecule has 0 aliphatic heterocycles. The fourth-order valence-corrected chi connectivity index (χ4v) is 2.42. The molecule has 0 radical (unpaired) electrons. The van der Waals surface area contributed by atoms with E-state index in [0.29, 0.717) is 10.8 Å². The zero-order chi connectivity index (χ0) is 18.4. The number of hydrogen-bond donors (Lipinski definition) is 2. The number of nitro benzene ring substituents is 1. The summed E-state index contributed by atoms with van der Waals surface area (Å²) >= 11 is 5.86. The van der Waals surface area contributed by atoms with Crippen LogP contribution in [0.5, 0.6) is 5.75 Å². The molecule has 1 atom stereocenters. The first-order valence-electron chi connectivity index (χ1n) is 7.61. The Labute approximate surface area is 150 Å². The SMILES string of the molecule is COc1ccc([N+](=O)[O-])cc1NC(=O)C[NH2+][C@@H](C)c1ccc(Cl)cc1. The molecule has 132 valence electrons. The van der Waals surface area contributed by atoms with E-state index in [1.165, 1.54) is 25.3 Å². The van der Waals surface area contributed by atoms with Crippen molar-refractivity contribution in [2.75, 3.05) is 19.0 Å². The summed E-state index contributed by atoms with van der Waals surface area (Å²) in [7, 11) is 1.44. The maximum absolute atomic E-state index is 12.2. The van der Waals surface area contributed by atoms with Gasteiger partial charge in [-0.25, -0.2) is 0 Å². The highest BCUT2D eigenvalue weighted by Crippen LogP contribution is 2.28. The number of anilines is 1.